The zero-order valence-corrected chi connectivity index (χ0v) is 41.2. The smallest absolute Gasteiger partial charge is 0.306 e. The molecule has 0 aromatic rings. The van der Waals surface area contributed by atoms with Crippen molar-refractivity contribution in [2.75, 3.05) is 13.2 Å². The minimum Gasteiger partial charge on any atom is -0.462 e. The lowest BCUT2D eigenvalue weighted by Crippen LogP contribution is -2.30. The van der Waals surface area contributed by atoms with E-state index in [0.29, 0.717) is 19.3 Å². The first-order valence-electron chi connectivity index (χ1n) is 27.2. The molecule has 0 fully saturated rings. The maximum atomic E-state index is 12.8. The molecule has 0 amide bonds. The van der Waals surface area contributed by atoms with Crippen molar-refractivity contribution in [1.29, 1.82) is 0 Å². The van der Waals surface area contributed by atoms with Gasteiger partial charge in [-0.2, -0.15) is 0 Å². The first kappa shape index (κ1) is 59.1. The average Bonchev–Trinajstić information content (AvgIpc) is 3.26. The Kier molecular flexibility index (Phi) is 49.3. The second-order valence-corrected chi connectivity index (χ2v) is 18.5. The van der Waals surface area contributed by atoms with Crippen LogP contribution in [0.4, 0.5) is 0 Å². The van der Waals surface area contributed by atoms with Crippen molar-refractivity contribution in [3.63, 3.8) is 0 Å². The van der Waals surface area contributed by atoms with E-state index in [2.05, 4.69) is 32.9 Å². The largest absolute Gasteiger partial charge is 0.462 e. The number of hydrogen-bond acceptors (Lipinski definition) is 6. The number of ether oxygens (including phenoxy) is 3. The van der Waals surface area contributed by atoms with E-state index in [4.69, 9.17) is 14.2 Å². The van der Waals surface area contributed by atoms with Crippen molar-refractivity contribution in [2.45, 2.75) is 309 Å². The van der Waals surface area contributed by atoms with E-state index in [1.807, 2.05) is 0 Å². The molecule has 0 heterocycles. The van der Waals surface area contributed by atoms with E-state index < -0.39 is 6.10 Å². The van der Waals surface area contributed by atoms with E-state index in [-0.39, 0.29) is 31.1 Å². The fourth-order valence-electron chi connectivity index (χ4n) is 8.14. The van der Waals surface area contributed by atoms with Crippen molar-refractivity contribution in [3.05, 3.63) is 12.2 Å². The van der Waals surface area contributed by atoms with Crippen LogP contribution in [-0.4, -0.2) is 37.2 Å². The van der Waals surface area contributed by atoms with Crippen LogP contribution >= 0.6 is 0 Å². The molecule has 0 aliphatic heterocycles. The van der Waals surface area contributed by atoms with Crippen molar-refractivity contribution in [1.82, 2.24) is 0 Å². The van der Waals surface area contributed by atoms with Gasteiger partial charge in [-0.15, -0.1) is 0 Å². The van der Waals surface area contributed by atoms with Gasteiger partial charge in [0.15, 0.2) is 6.10 Å². The van der Waals surface area contributed by atoms with Crippen LogP contribution in [0, 0.1) is 0 Å². The lowest BCUT2D eigenvalue weighted by molar-refractivity contribution is -0.167. The molecule has 0 aliphatic carbocycles. The molecule has 1 atom stereocenters. The first-order chi connectivity index (χ1) is 30.0. The van der Waals surface area contributed by atoms with Gasteiger partial charge in [-0.3, -0.25) is 14.4 Å². The van der Waals surface area contributed by atoms with Crippen molar-refractivity contribution >= 4 is 17.9 Å². The lowest BCUT2D eigenvalue weighted by atomic mass is 10.0. The van der Waals surface area contributed by atoms with Crippen LogP contribution in [0.1, 0.15) is 303 Å². The fraction of sp³-hybridized carbons (Fsp3) is 0.909. The van der Waals surface area contributed by atoms with E-state index in [1.54, 1.807) is 0 Å². The molecular weight excluding hydrogens is 757 g/mol. The highest BCUT2D eigenvalue weighted by atomic mass is 16.6. The molecule has 6 heteroatoms. The van der Waals surface area contributed by atoms with Gasteiger partial charge in [0.1, 0.15) is 13.2 Å². The molecule has 1 unspecified atom stereocenters. The summed E-state index contributed by atoms with van der Waals surface area (Å²) in [5, 5.41) is 0. The minimum atomic E-state index is -0.766. The number of unbranched alkanes of at least 4 members (excludes halogenated alkanes) is 37. The Bertz CT molecular complexity index is 947. The van der Waals surface area contributed by atoms with E-state index in [1.165, 1.54) is 199 Å². The SMILES string of the molecule is CCCCCCC=CCCCCCCCC(=O)OCC(COC(=O)CCCCCCCCCCCCCCCCC)OC(=O)CCCCCCCCCCCCCCCCC. The third kappa shape index (κ3) is 49.0. The van der Waals surface area contributed by atoms with Gasteiger partial charge < -0.3 is 14.2 Å². The van der Waals surface area contributed by atoms with Gasteiger partial charge in [0, 0.05) is 19.3 Å². The number of hydrogen-bond donors (Lipinski definition) is 0. The highest BCUT2D eigenvalue weighted by molar-refractivity contribution is 5.71. The summed E-state index contributed by atoms with van der Waals surface area (Å²) < 4.78 is 16.8. The quantitative estimate of drug-likeness (QED) is 0.0262. The zero-order valence-electron chi connectivity index (χ0n) is 41.2. The zero-order chi connectivity index (χ0) is 44.4. The standard InChI is InChI=1S/C55H104O6/c1-4-7-10-13-16-19-22-25-27-30-33-36-39-42-45-48-54(57)60-51-52(50-59-53(56)47-44-41-38-35-32-29-24-21-18-15-12-9-6-3)61-55(58)49-46-43-40-37-34-31-28-26-23-20-17-14-11-8-5-2/h21,24,52H,4-20,22-23,25-51H2,1-3H3. The van der Waals surface area contributed by atoms with Crippen molar-refractivity contribution in [3.8, 4) is 0 Å². The molecule has 0 saturated carbocycles. The summed E-state index contributed by atoms with van der Waals surface area (Å²) in [4.78, 5) is 38.0. The molecule has 0 saturated heterocycles. The monoisotopic (exact) mass is 861 g/mol. The van der Waals surface area contributed by atoms with Gasteiger partial charge >= 0.3 is 17.9 Å². The summed E-state index contributed by atoms with van der Waals surface area (Å²) >= 11 is 0. The molecule has 0 aromatic heterocycles. The Hall–Kier alpha value is -1.85. The molecule has 6 nitrogen and oxygen atoms in total. The molecule has 0 N–H and O–H groups in total. The van der Waals surface area contributed by atoms with Crippen molar-refractivity contribution in [2.24, 2.45) is 0 Å². The van der Waals surface area contributed by atoms with Crippen LogP contribution < -0.4 is 0 Å². The molecule has 0 aliphatic rings. The second kappa shape index (κ2) is 50.8. The number of carbonyl (C=O) groups excluding carboxylic acids is 3. The normalized spacial score (nSPS) is 12.0. The third-order valence-corrected chi connectivity index (χ3v) is 12.3. The summed E-state index contributed by atoms with van der Waals surface area (Å²) in [7, 11) is 0. The number of rotatable bonds is 50. The molecule has 0 aromatic carbocycles. The second-order valence-electron chi connectivity index (χ2n) is 18.5. The molecule has 0 spiro atoms. The summed E-state index contributed by atoms with van der Waals surface area (Å²) in [5.41, 5.74) is 0. The Morgan fingerprint density at radius 3 is 0.836 bits per heavy atom. The summed E-state index contributed by atoms with van der Waals surface area (Å²) in [5.74, 6) is -0.855. The van der Waals surface area contributed by atoms with Crippen molar-refractivity contribution < 1.29 is 28.6 Å². The number of esters is 3. The topological polar surface area (TPSA) is 78.9 Å². The first-order valence-corrected chi connectivity index (χ1v) is 27.2. The van der Waals surface area contributed by atoms with Crippen LogP contribution in [0.25, 0.3) is 0 Å². The molecule has 61 heavy (non-hydrogen) atoms. The Balaban J connectivity index is 4.32. The molecule has 0 bridgehead atoms. The average molecular weight is 861 g/mol. The predicted octanol–water partition coefficient (Wildman–Crippen LogP) is 17.8. The highest BCUT2D eigenvalue weighted by Gasteiger charge is 2.19. The van der Waals surface area contributed by atoms with Crippen LogP contribution in [0.2, 0.25) is 0 Å². The Labute approximate surface area is 380 Å². The van der Waals surface area contributed by atoms with E-state index in [9.17, 15) is 14.4 Å². The van der Waals surface area contributed by atoms with E-state index in [0.717, 1.165) is 64.2 Å². The van der Waals surface area contributed by atoms with Gasteiger partial charge in [-0.05, 0) is 44.9 Å². The van der Waals surface area contributed by atoms with Gasteiger partial charge in [-0.25, -0.2) is 0 Å². The molecule has 0 radical (unpaired) electrons. The van der Waals surface area contributed by atoms with Crippen LogP contribution in [0.5, 0.6) is 0 Å². The third-order valence-electron chi connectivity index (χ3n) is 12.3. The Morgan fingerprint density at radius 2 is 0.541 bits per heavy atom. The summed E-state index contributed by atoms with van der Waals surface area (Å²) in [6, 6.07) is 0. The van der Waals surface area contributed by atoms with Crippen LogP contribution in [0.15, 0.2) is 12.2 Å². The van der Waals surface area contributed by atoms with Crippen LogP contribution in [0.3, 0.4) is 0 Å². The van der Waals surface area contributed by atoms with Gasteiger partial charge in [0.25, 0.3) is 0 Å². The Morgan fingerprint density at radius 1 is 0.311 bits per heavy atom. The maximum absolute atomic E-state index is 12.8. The minimum absolute atomic E-state index is 0.0668. The fourth-order valence-corrected chi connectivity index (χ4v) is 8.14. The number of allylic oxidation sites excluding steroid dienone is 2. The van der Waals surface area contributed by atoms with E-state index >= 15 is 0 Å². The maximum Gasteiger partial charge on any atom is 0.306 e. The molecule has 360 valence electrons. The van der Waals surface area contributed by atoms with Gasteiger partial charge in [0.2, 0.25) is 0 Å². The van der Waals surface area contributed by atoms with Gasteiger partial charge in [-0.1, -0.05) is 251 Å². The van der Waals surface area contributed by atoms with Crippen LogP contribution in [-0.2, 0) is 28.6 Å². The van der Waals surface area contributed by atoms with Gasteiger partial charge in [0.05, 0.1) is 0 Å². The lowest BCUT2D eigenvalue weighted by Gasteiger charge is -2.18. The highest BCUT2D eigenvalue weighted by Crippen LogP contribution is 2.17. The molecule has 0 rings (SSSR count). The summed E-state index contributed by atoms with van der Waals surface area (Å²) in [6.07, 6.45) is 56.2. The predicted molar refractivity (Wildman–Crippen MR) is 261 cm³/mol. The number of carbonyl (C=O) groups is 3. The molecular formula is C55H104O6. The summed E-state index contributed by atoms with van der Waals surface area (Å²) in [6.45, 7) is 6.66.